The molecular formula is C17H16F2N2. The summed E-state index contributed by atoms with van der Waals surface area (Å²) in [6.07, 6.45) is 0. The molecule has 1 atom stereocenters. The molecule has 2 nitrogen and oxygen atoms in total. The number of aryl methyl sites for hydroxylation is 2. The molecule has 0 bridgehead atoms. The molecule has 0 saturated heterocycles. The Morgan fingerprint density at radius 2 is 1.76 bits per heavy atom. The third-order valence-corrected chi connectivity index (χ3v) is 3.48. The van der Waals surface area contributed by atoms with Crippen molar-refractivity contribution in [1.82, 2.24) is 0 Å². The lowest BCUT2D eigenvalue weighted by molar-refractivity contribution is 0.571. The van der Waals surface area contributed by atoms with Crippen LogP contribution < -0.4 is 5.32 Å². The van der Waals surface area contributed by atoms with E-state index in [1.54, 1.807) is 19.1 Å². The van der Waals surface area contributed by atoms with Gasteiger partial charge in [0.15, 0.2) is 0 Å². The Bertz CT molecular complexity index is 717. The fourth-order valence-corrected chi connectivity index (χ4v) is 2.15. The van der Waals surface area contributed by atoms with Crippen LogP contribution in [0.4, 0.5) is 14.5 Å². The summed E-state index contributed by atoms with van der Waals surface area (Å²) in [5.41, 5.74) is 2.74. The zero-order valence-corrected chi connectivity index (χ0v) is 12.2. The molecule has 1 N–H and O–H groups in total. The van der Waals surface area contributed by atoms with Gasteiger partial charge in [-0.1, -0.05) is 6.07 Å². The highest BCUT2D eigenvalue weighted by molar-refractivity contribution is 5.56. The van der Waals surface area contributed by atoms with Crippen LogP contribution in [-0.2, 0) is 0 Å². The Labute approximate surface area is 123 Å². The molecule has 2 aromatic carbocycles. The first-order valence-electron chi connectivity index (χ1n) is 6.65. The topological polar surface area (TPSA) is 35.8 Å². The lowest BCUT2D eigenvalue weighted by Gasteiger charge is -2.19. The standard InChI is InChI=1S/C17H16F2N2/c1-10-4-5-13(9-20)7-17(10)21-12(3)14-8-15(18)11(2)6-16(14)19/h4-8,12,21H,1-3H3. The Morgan fingerprint density at radius 1 is 1.05 bits per heavy atom. The zero-order valence-electron chi connectivity index (χ0n) is 12.2. The molecule has 0 heterocycles. The lowest BCUT2D eigenvalue weighted by Crippen LogP contribution is -2.10. The molecule has 108 valence electrons. The first-order valence-corrected chi connectivity index (χ1v) is 6.65. The maximum atomic E-state index is 14.0. The van der Waals surface area contributed by atoms with E-state index in [-0.39, 0.29) is 11.1 Å². The van der Waals surface area contributed by atoms with Gasteiger partial charge in [0.2, 0.25) is 0 Å². The van der Waals surface area contributed by atoms with Gasteiger partial charge in [0.05, 0.1) is 17.7 Å². The summed E-state index contributed by atoms with van der Waals surface area (Å²) in [6, 6.07) is 9.30. The molecule has 0 fully saturated rings. The smallest absolute Gasteiger partial charge is 0.128 e. The van der Waals surface area contributed by atoms with Crippen molar-refractivity contribution in [2.45, 2.75) is 26.8 Å². The number of anilines is 1. The first kappa shape index (κ1) is 15.0. The molecule has 21 heavy (non-hydrogen) atoms. The number of rotatable bonds is 3. The summed E-state index contributed by atoms with van der Waals surface area (Å²) in [4.78, 5) is 0. The number of nitriles is 1. The second kappa shape index (κ2) is 5.92. The molecule has 0 aliphatic heterocycles. The van der Waals surface area contributed by atoms with E-state index in [4.69, 9.17) is 5.26 Å². The number of hydrogen-bond donors (Lipinski definition) is 1. The van der Waals surface area contributed by atoms with Crippen molar-refractivity contribution in [3.05, 3.63) is 64.2 Å². The van der Waals surface area contributed by atoms with Gasteiger partial charge in [-0.2, -0.15) is 5.26 Å². The van der Waals surface area contributed by atoms with Gasteiger partial charge in [0.25, 0.3) is 0 Å². The monoisotopic (exact) mass is 286 g/mol. The molecule has 1 unspecified atom stereocenters. The van der Waals surface area contributed by atoms with Crippen LogP contribution in [0.5, 0.6) is 0 Å². The number of halogens is 2. The van der Waals surface area contributed by atoms with Crippen LogP contribution in [0.25, 0.3) is 0 Å². The summed E-state index contributed by atoms with van der Waals surface area (Å²) >= 11 is 0. The van der Waals surface area contributed by atoms with Gasteiger partial charge in [-0.15, -0.1) is 0 Å². The lowest BCUT2D eigenvalue weighted by atomic mass is 10.0. The molecule has 0 aliphatic rings. The number of hydrogen-bond acceptors (Lipinski definition) is 2. The minimum absolute atomic E-state index is 0.264. The first-order chi connectivity index (χ1) is 9.92. The number of benzene rings is 2. The average molecular weight is 286 g/mol. The quantitative estimate of drug-likeness (QED) is 0.893. The van der Waals surface area contributed by atoms with Crippen LogP contribution >= 0.6 is 0 Å². The van der Waals surface area contributed by atoms with Crippen LogP contribution in [-0.4, -0.2) is 0 Å². The van der Waals surface area contributed by atoms with Gasteiger partial charge < -0.3 is 5.32 Å². The summed E-state index contributed by atoms with van der Waals surface area (Å²) in [6.45, 7) is 5.18. The SMILES string of the molecule is Cc1cc(F)c(C(C)Nc2cc(C#N)ccc2C)cc1F. The predicted octanol–water partition coefficient (Wildman–Crippen LogP) is 4.63. The average Bonchev–Trinajstić information content (AvgIpc) is 2.45. The van der Waals surface area contributed by atoms with Gasteiger partial charge in [0, 0.05) is 11.3 Å². The Morgan fingerprint density at radius 3 is 2.43 bits per heavy atom. The zero-order chi connectivity index (χ0) is 15.6. The summed E-state index contributed by atoms with van der Waals surface area (Å²) in [5.74, 6) is -0.870. The fraction of sp³-hybridized carbons (Fsp3) is 0.235. The van der Waals surface area contributed by atoms with Crippen LogP contribution in [0.15, 0.2) is 30.3 Å². The third kappa shape index (κ3) is 3.19. The Kier molecular flexibility index (Phi) is 4.23. The van der Waals surface area contributed by atoms with Crippen LogP contribution in [0.2, 0.25) is 0 Å². The van der Waals surface area contributed by atoms with Crippen molar-refractivity contribution in [3.63, 3.8) is 0 Å². The van der Waals surface area contributed by atoms with Gasteiger partial charge in [0.1, 0.15) is 11.6 Å². The molecule has 0 radical (unpaired) electrons. The molecule has 0 spiro atoms. The van der Waals surface area contributed by atoms with Gasteiger partial charge in [-0.25, -0.2) is 8.78 Å². The largest absolute Gasteiger partial charge is 0.378 e. The summed E-state index contributed by atoms with van der Waals surface area (Å²) in [5, 5.41) is 12.1. The van der Waals surface area contributed by atoms with E-state index in [0.29, 0.717) is 5.56 Å². The molecule has 0 aliphatic carbocycles. The molecule has 0 aromatic heterocycles. The molecule has 2 rings (SSSR count). The van der Waals surface area contributed by atoms with Gasteiger partial charge in [-0.05, 0) is 56.2 Å². The number of nitrogens with zero attached hydrogens (tertiary/aromatic N) is 1. The molecule has 4 heteroatoms. The summed E-state index contributed by atoms with van der Waals surface area (Å²) < 4.78 is 27.6. The van der Waals surface area contributed by atoms with Gasteiger partial charge in [-0.3, -0.25) is 0 Å². The third-order valence-electron chi connectivity index (χ3n) is 3.48. The minimum Gasteiger partial charge on any atom is -0.378 e. The molecular weight excluding hydrogens is 270 g/mol. The van der Waals surface area contributed by atoms with E-state index >= 15 is 0 Å². The highest BCUT2D eigenvalue weighted by Gasteiger charge is 2.14. The van der Waals surface area contributed by atoms with E-state index in [1.165, 1.54) is 19.1 Å². The molecule has 0 amide bonds. The van der Waals surface area contributed by atoms with Crippen molar-refractivity contribution in [3.8, 4) is 6.07 Å². The molecule has 2 aromatic rings. The van der Waals surface area contributed by atoms with Crippen LogP contribution in [0.3, 0.4) is 0 Å². The minimum atomic E-state index is -0.442. The second-order valence-electron chi connectivity index (χ2n) is 5.13. The van der Waals surface area contributed by atoms with Crippen molar-refractivity contribution in [2.24, 2.45) is 0 Å². The number of nitrogens with one attached hydrogen (secondary N) is 1. The van der Waals surface area contributed by atoms with Crippen LogP contribution in [0, 0.1) is 36.8 Å². The highest BCUT2D eigenvalue weighted by atomic mass is 19.1. The van der Waals surface area contributed by atoms with E-state index in [2.05, 4.69) is 11.4 Å². The van der Waals surface area contributed by atoms with Crippen molar-refractivity contribution in [2.75, 3.05) is 5.32 Å². The van der Waals surface area contributed by atoms with Crippen molar-refractivity contribution < 1.29 is 8.78 Å². The van der Waals surface area contributed by atoms with E-state index in [9.17, 15) is 8.78 Å². The van der Waals surface area contributed by atoms with E-state index in [0.717, 1.165) is 11.3 Å². The molecule has 0 saturated carbocycles. The van der Waals surface area contributed by atoms with Crippen molar-refractivity contribution >= 4 is 5.69 Å². The van der Waals surface area contributed by atoms with E-state index < -0.39 is 17.7 Å². The van der Waals surface area contributed by atoms with E-state index in [1.807, 2.05) is 13.0 Å². The highest BCUT2D eigenvalue weighted by Crippen LogP contribution is 2.26. The van der Waals surface area contributed by atoms with Crippen molar-refractivity contribution in [1.29, 1.82) is 5.26 Å². The predicted molar refractivity (Wildman–Crippen MR) is 79.0 cm³/mol. The second-order valence-corrected chi connectivity index (χ2v) is 5.13. The van der Waals surface area contributed by atoms with Gasteiger partial charge >= 0.3 is 0 Å². The summed E-state index contributed by atoms with van der Waals surface area (Å²) in [7, 11) is 0. The maximum absolute atomic E-state index is 14.0. The fourth-order valence-electron chi connectivity index (χ4n) is 2.15. The van der Waals surface area contributed by atoms with Crippen LogP contribution in [0.1, 0.15) is 35.2 Å². The maximum Gasteiger partial charge on any atom is 0.128 e. The normalized spacial score (nSPS) is 11.8. The Balaban J connectivity index is 2.32. The Hall–Kier alpha value is -2.41.